The van der Waals surface area contributed by atoms with Crippen molar-refractivity contribution in [3.05, 3.63) is 29.8 Å². The van der Waals surface area contributed by atoms with Gasteiger partial charge in [-0.25, -0.2) is 4.67 Å². The second-order valence-corrected chi connectivity index (χ2v) is 9.79. The third-order valence-corrected chi connectivity index (χ3v) is 6.68. The molecule has 0 saturated heterocycles. The first-order valence-electron chi connectivity index (χ1n) is 4.86. The monoisotopic (exact) mass is 314 g/mol. The molecule has 0 saturated carbocycles. The molecule has 0 aliphatic rings. The number of rotatable bonds is 3. The molecule has 0 radical (unpaired) electrons. The number of nitrogens with zero attached hydrogens (tertiary/aromatic N) is 1. The number of alkyl halides is 3. The first kappa shape index (κ1) is 15.1. The molecule has 1 rings (SSSR count). The summed E-state index contributed by atoms with van der Waals surface area (Å²) in [4.78, 5) is 0. The average Bonchev–Trinajstić information content (AvgIpc) is 2.19. The van der Waals surface area contributed by atoms with Crippen molar-refractivity contribution < 1.29 is 4.57 Å². The Balaban J connectivity index is 3.04. The van der Waals surface area contributed by atoms with Gasteiger partial charge in [-0.05, 0) is 33.2 Å². The van der Waals surface area contributed by atoms with Crippen molar-refractivity contribution in [3.8, 4) is 0 Å². The Hall–Kier alpha value is 0.0800. The lowest BCUT2D eigenvalue weighted by molar-refractivity contribution is 0.519. The van der Waals surface area contributed by atoms with Crippen LogP contribution in [0, 0.1) is 6.92 Å². The van der Waals surface area contributed by atoms with Gasteiger partial charge in [0.2, 0.25) is 0 Å². The van der Waals surface area contributed by atoms with Crippen molar-refractivity contribution in [1.82, 2.24) is 4.67 Å². The fraction of sp³-hybridized carbons (Fsp3) is 0.400. The van der Waals surface area contributed by atoms with E-state index >= 15 is 0 Å². The van der Waals surface area contributed by atoms with Crippen LogP contribution in [0.15, 0.2) is 24.3 Å². The molecule has 0 heterocycles. The highest BCUT2D eigenvalue weighted by atomic mass is 35.6. The van der Waals surface area contributed by atoms with Crippen molar-refractivity contribution in [3.63, 3.8) is 0 Å². The van der Waals surface area contributed by atoms with E-state index < -0.39 is 11.0 Å². The van der Waals surface area contributed by atoms with Gasteiger partial charge in [0.25, 0.3) is 11.0 Å². The topological polar surface area (TPSA) is 32.3 Å². The van der Waals surface area contributed by atoms with E-state index in [1.165, 1.54) is 4.67 Å². The van der Waals surface area contributed by atoms with Crippen LogP contribution in [-0.2, 0) is 4.57 Å². The summed E-state index contributed by atoms with van der Waals surface area (Å²) in [5.74, 6) is 0. The van der Waals surface area contributed by atoms with Crippen molar-refractivity contribution >= 4 is 47.9 Å². The normalized spacial score (nSPS) is 15.7. The summed E-state index contributed by atoms with van der Waals surface area (Å²) in [6.45, 7) is 1.96. The summed E-state index contributed by atoms with van der Waals surface area (Å²) in [5.41, 5.74) is 1.75. The van der Waals surface area contributed by atoms with Gasteiger partial charge in [-0.2, -0.15) is 0 Å². The van der Waals surface area contributed by atoms with E-state index in [-0.39, 0.29) is 0 Å². The minimum Gasteiger partial charge on any atom is -0.321 e. The average molecular weight is 316 g/mol. The molecule has 1 N–H and O–H groups in total. The Morgan fingerprint density at radius 1 is 1.18 bits per heavy atom. The fourth-order valence-corrected chi connectivity index (χ4v) is 4.21. The Morgan fingerprint density at radius 3 is 2.00 bits per heavy atom. The van der Waals surface area contributed by atoms with E-state index in [9.17, 15) is 4.57 Å². The quantitative estimate of drug-likeness (QED) is 0.659. The molecule has 0 spiro atoms. The van der Waals surface area contributed by atoms with Gasteiger partial charge in [-0.3, -0.25) is 4.57 Å². The smallest absolute Gasteiger partial charge is 0.286 e. The van der Waals surface area contributed by atoms with Gasteiger partial charge in [0.1, 0.15) is 0 Å². The molecule has 0 aromatic heterocycles. The minimum atomic E-state index is -3.33. The molecule has 3 nitrogen and oxygen atoms in total. The minimum absolute atomic E-state index is 0.652. The predicted molar refractivity (Wildman–Crippen MR) is 76.4 cm³/mol. The summed E-state index contributed by atoms with van der Waals surface area (Å²) in [6, 6.07) is 7.37. The first-order valence-corrected chi connectivity index (χ1v) is 7.66. The van der Waals surface area contributed by atoms with E-state index in [1.54, 1.807) is 26.2 Å². The van der Waals surface area contributed by atoms with E-state index in [0.717, 1.165) is 5.56 Å². The number of benzene rings is 1. The number of nitrogens with one attached hydrogen (secondary N) is 1. The number of hydrogen-bond donors (Lipinski definition) is 1. The summed E-state index contributed by atoms with van der Waals surface area (Å²) in [6.07, 6.45) is 0. The molecule has 1 atom stereocenters. The molecule has 1 aromatic rings. The van der Waals surface area contributed by atoms with Gasteiger partial charge < -0.3 is 5.09 Å². The van der Waals surface area contributed by atoms with Gasteiger partial charge >= 0.3 is 0 Å². The molecule has 96 valence electrons. The standard InChI is InChI=1S/C10H14Cl3N2OP/c1-8-4-6-9(7-5-8)14-17(16,15(2)3)10(11,12)13/h4-7H,1-3H3,(H,14,16). The van der Waals surface area contributed by atoms with Crippen LogP contribution < -0.4 is 5.09 Å². The van der Waals surface area contributed by atoms with Crippen LogP contribution in [0.4, 0.5) is 5.69 Å². The number of aryl methyl sites for hydroxylation is 1. The maximum absolute atomic E-state index is 12.6. The summed E-state index contributed by atoms with van der Waals surface area (Å²) < 4.78 is 12.1. The Labute approximate surface area is 117 Å². The van der Waals surface area contributed by atoms with Crippen LogP contribution >= 0.6 is 42.2 Å². The molecular formula is C10H14Cl3N2OP. The molecular weight excluding hydrogens is 301 g/mol. The van der Waals surface area contributed by atoms with Crippen molar-refractivity contribution in [2.24, 2.45) is 0 Å². The maximum atomic E-state index is 12.6. The van der Waals surface area contributed by atoms with Crippen LogP contribution in [0.25, 0.3) is 0 Å². The highest BCUT2D eigenvalue weighted by Crippen LogP contribution is 2.65. The van der Waals surface area contributed by atoms with Crippen LogP contribution in [-0.4, -0.2) is 22.3 Å². The van der Waals surface area contributed by atoms with E-state index in [2.05, 4.69) is 5.09 Å². The molecule has 1 unspecified atom stereocenters. The molecule has 1 aromatic carbocycles. The highest BCUT2D eigenvalue weighted by molar-refractivity contribution is 7.70. The number of anilines is 1. The van der Waals surface area contributed by atoms with Gasteiger partial charge in [0, 0.05) is 5.69 Å². The first-order chi connectivity index (χ1) is 7.67. The molecule has 0 fully saturated rings. The van der Waals surface area contributed by atoms with Crippen LogP contribution in [0.5, 0.6) is 0 Å². The second kappa shape index (κ2) is 5.38. The highest BCUT2D eigenvalue weighted by Gasteiger charge is 2.46. The molecule has 0 bridgehead atoms. The van der Waals surface area contributed by atoms with Gasteiger partial charge in [-0.15, -0.1) is 0 Å². The second-order valence-electron chi connectivity index (χ2n) is 3.87. The summed E-state index contributed by atoms with van der Waals surface area (Å²) in [5, 5.41) is 2.81. The zero-order chi connectivity index (χ0) is 13.3. The summed E-state index contributed by atoms with van der Waals surface area (Å²) in [7, 11) is -0.130. The third kappa shape index (κ3) is 3.52. The number of halogens is 3. The van der Waals surface area contributed by atoms with Crippen molar-refractivity contribution in [2.75, 3.05) is 19.2 Å². The van der Waals surface area contributed by atoms with Crippen LogP contribution in [0.3, 0.4) is 0 Å². The lowest BCUT2D eigenvalue weighted by Crippen LogP contribution is -2.24. The van der Waals surface area contributed by atoms with Gasteiger partial charge in [-0.1, -0.05) is 52.5 Å². The molecule has 0 amide bonds. The van der Waals surface area contributed by atoms with Gasteiger partial charge in [0.05, 0.1) is 0 Å². The fourth-order valence-electron chi connectivity index (χ4n) is 1.19. The molecule has 0 aliphatic heterocycles. The van der Waals surface area contributed by atoms with Crippen molar-refractivity contribution in [1.29, 1.82) is 0 Å². The third-order valence-electron chi connectivity index (χ3n) is 2.24. The lowest BCUT2D eigenvalue weighted by atomic mass is 10.2. The Kier molecular flexibility index (Phi) is 4.79. The summed E-state index contributed by atoms with van der Waals surface area (Å²) >= 11 is 17.3. The Bertz CT molecular complexity index is 428. The van der Waals surface area contributed by atoms with Gasteiger partial charge in [0.15, 0.2) is 0 Å². The van der Waals surface area contributed by atoms with Crippen LogP contribution in [0.2, 0.25) is 0 Å². The largest absolute Gasteiger partial charge is 0.321 e. The van der Waals surface area contributed by atoms with E-state index in [1.807, 2.05) is 19.1 Å². The van der Waals surface area contributed by atoms with E-state index in [4.69, 9.17) is 34.8 Å². The van der Waals surface area contributed by atoms with Crippen molar-refractivity contribution in [2.45, 2.75) is 10.5 Å². The van der Waals surface area contributed by atoms with E-state index in [0.29, 0.717) is 5.69 Å². The number of hydrogen-bond acceptors (Lipinski definition) is 1. The molecule has 0 aliphatic carbocycles. The maximum Gasteiger partial charge on any atom is 0.286 e. The van der Waals surface area contributed by atoms with Crippen LogP contribution in [0.1, 0.15) is 5.56 Å². The SMILES string of the molecule is Cc1ccc(NP(=O)(N(C)C)C(Cl)(Cl)Cl)cc1. The lowest BCUT2D eigenvalue weighted by Gasteiger charge is -2.31. The zero-order valence-corrected chi connectivity index (χ0v) is 12.9. The Morgan fingerprint density at radius 2 is 1.65 bits per heavy atom. The predicted octanol–water partition coefficient (Wildman–Crippen LogP) is 4.49. The molecule has 7 heteroatoms. The zero-order valence-electron chi connectivity index (χ0n) is 9.75. The molecule has 17 heavy (non-hydrogen) atoms.